The van der Waals surface area contributed by atoms with E-state index in [-0.39, 0.29) is 5.84 Å². The molecule has 0 fully saturated rings. The zero-order valence-corrected chi connectivity index (χ0v) is 11.3. The van der Waals surface area contributed by atoms with Gasteiger partial charge in [0.2, 0.25) is 0 Å². The standard InChI is InChI=1S/C15H17N3O2/c1-19-9-7-11-2-4-12(5-3-11)20-14-10-18-8-6-13(14)15(16)17/h2-6,8,10H,7,9H2,1H3,(H3,16,17). The van der Waals surface area contributed by atoms with Gasteiger partial charge in [0.15, 0.2) is 5.75 Å². The second kappa shape index (κ2) is 6.68. The van der Waals surface area contributed by atoms with Gasteiger partial charge in [-0.25, -0.2) is 0 Å². The lowest BCUT2D eigenvalue weighted by Gasteiger charge is -2.10. The molecule has 0 saturated carbocycles. The van der Waals surface area contributed by atoms with Crippen molar-refractivity contribution in [1.29, 1.82) is 5.41 Å². The van der Waals surface area contributed by atoms with Crippen molar-refractivity contribution in [3.05, 3.63) is 53.9 Å². The van der Waals surface area contributed by atoms with Crippen molar-refractivity contribution in [2.75, 3.05) is 13.7 Å². The molecular formula is C15H17N3O2. The highest BCUT2D eigenvalue weighted by molar-refractivity contribution is 5.97. The third kappa shape index (κ3) is 3.55. The van der Waals surface area contributed by atoms with Crippen molar-refractivity contribution in [2.24, 2.45) is 5.73 Å². The summed E-state index contributed by atoms with van der Waals surface area (Å²) in [4.78, 5) is 3.99. The van der Waals surface area contributed by atoms with Gasteiger partial charge < -0.3 is 15.2 Å². The molecule has 0 saturated heterocycles. The molecule has 0 aliphatic carbocycles. The van der Waals surface area contributed by atoms with E-state index in [1.807, 2.05) is 24.3 Å². The van der Waals surface area contributed by atoms with E-state index in [1.165, 1.54) is 5.56 Å². The van der Waals surface area contributed by atoms with E-state index < -0.39 is 0 Å². The van der Waals surface area contributed by atoms with Crippen LogP contribution < -0.4 is 10.5 Å². The Balaban J connectivity index is 2.12. The predicted octanol–water partition coefficient (Wildman–Crippen LogP) is 2.35. The Morgan fingerprint density at radius 2 is 2.00 bits per heavy atom. The highest BCUT2D eigenvalue weighted by atomic mass is 16.5. The second-order valence-corrected chi connectivity index (χ2v) is 4.27. The molecule has 3 N–H and O–H groups in total. The molecule has 0 aliphatic rings. The monoisotopic (exact) mass is 271 g/mol. The van der Waals surface area contributed by atoms with Gasteiger partial charge in [-0.1, -0.05) is 12.1 Å². The fraction of sp³-hybridized carbons (Fsp3) is 0.200. The Morgan fingerprint density at radius 3 is 2.65 bits per heavy atom. The van der Waals surface area contributed by atoms with Gasteiger partial charge >= 0.3 is 0 Å². The summed E-state index contributed by atoms with van der Waals surface area (Å²) < 4.78 is 10.8. The van der Waals surface area contributed by atoms with Crippen LogP contribution in [0.5, 0.6) is 11.5 Å². The number of nitrogens with one attached hydrogen (secondary N) is 1. The minimum Gasteiger partial charge on any atom is -0.455 e. The van der Waals surface area contributed by atoms with Crippen molar-refractivity contribution in [1.82, 2.24) is 4.98 Å². The number of hydrogen-bond acceptors (Lipinski definition) is 4. The number of aromatic nitrogens is 1. The topological polar surface area (TPSA) is 81.2 Å². The zero-order valence-electron chi connectivity index (χ0n) is 11.3. The third-order valence-corrected chi connectivity index (χ3v) is 2.82. The fourth-order valence-corrected chi connectivity index (χ4v) is 1.75. The molecule has 0 atom stereocenters. The SMILES string of the molecule is COCCc1ccc(Oc2cnccc2C(=N)N)cc1. The largest absolute Gasteiger partial charge is 0.455 e. The summed E-state index contributed by atoms with van der Waals surface area (Å²) in [5.74, 6) is 1.12. The van der Waals surface area contributed by atoms with Crippen LogP contribution in [0.3, 0.4) is 0 Å². The number of ether oxygens (including phenoxy) is 2. The van der Waals surface area contributed by atoms with Crippen LogP contribution in [0.1, 0.15) is 11.1 Å². The third-order valence-electron chi connectivity index (χ3n) is 2.82. The second-order valence-electron chi connectivity index (χ2n) is 4.27. The number of amidine groups is 1. The highest BCUT2D eigenvalue weighted by Gasteiger charge is 2.07. The number of nitrogen functional groups attached to an aromatic ring is 1. The van der Waals surface area contributed by atoms with Gasteiger partial charge in [-0.15, -0.1) is 0 Å². The van der Waals surface area contributed by atoms with E-state index >= 15 is 0 Å². The molecule has 2 aromatic rings. The lowest BCUT2D eigenvalue weighted by atomic mass is 10.1. The summed E-state index contributed by atoms with van der Waals surface area (Å²) in [5, 5.41) is 7.51. The molecule has 2 rings (SSSR count). The summed E-state index contributed by atoms with van der Waals surface area (Å²) in [7, 11) is 1.68. The molecule has 0 unspecified atom stereocenters. The summed E-state index contributed by atoms with van der Waals surface area (Å²) in [6.07, 6.45) is 4.00. The summed E-state index contributed by atoms with van der Waals surface area (Å²) in [6.45, 7) is 0.692. The molecule has 0 amide bonds. The van der Waals surface area contributed by atoms with Crippen LogP contribution in [0.15, 0.2) is 42.7 Å². The van der Waals surface area contributed by atoms with Crippen LogP contribution >= 0.6 is 0 Å². The van der Waals surface area contributed by atoms with Gasteiger partial charge in [0.25, 0.3) is 0 Å². The number of nitrogens with two attached hydrogens (primary N) is 1. The van der Waals surface area contributed by atoms with Gasteiger partial charge in [-0.3, -0.25) is 10.4 Å². The van der Waals surface area contributed by atoms with Crippen LogP contribution in [-0.2, 0) is 11.2 Å². The molecule has 0 radical (unpaired) electrons. The minimum absolute atomic E-state index is 0.0425. The van der Waals surface area contributed by atoms with Crippen molar-refractivity contribution < 1.29 is 9.47 Å². The number of hydrogen-bond donors (Lipinski definition) is 2. The van der Waals surface area contributed by atoms with Crippen LogP contribution in [0.25, 0.3) is 0 Å². The zero-order chi connectivity index (χ0) is 14.4. The Labute approximate surface area is 117 Å². The van der Waals surface area contributed by atoms with Crippen molar-refractivity contribution in [2.45, 2.75) is 6.42 Å². The molecule has 1 aromatic carbocycles. The van der Waals surface area contributed by atoms with Crippen LogP contribution in [-0.4, -0.2) is 24.5 Å². The summed E-state index contributed by atoms with van der Waals surface area (Å²) in [5.41, 5.74) is 7.22. The van der Waals surface area contributed by atoms with E-state index in [0.717, 1.165) is 6.42 Å². The Morgan fingerprint density at radius 1 is 1.25 bits per heavy atom. The fourth-order valence-electron chi connectivity index (χ4n) is 1.75. The van der Waals surface area contributed by atoms with E-state index in [1.54, 1.807) is 25.6 Å². The number of rotatable bonds is 6. The number of benzene rings is 1. The van der Waals surface area contributed by atoms with E-state index in [4.69, 9.17) is 20.6 Å². The van der Waals surface area contributed by atoms with Gasteiger partial charge in [-0.2, -0.15) is 0 Å². The summed E-state index contributed by atoms with van der Waals surface area (Å²) >= 11 is 0. The van der Waals surface area contributed by atoms with Crippen LogP contribution in [0, 0.1) is 5.41 Å². The molecule has 20 heavy (non-hydrogen) atoms. The first-order valence-electron chi connectivity index (χ1n) is 6.25. The maximum absolute atomic E-state index is 7.51. The normalized spacial score (nSPS) is 10.2. The average Bonchev–Trinajstić information content (AvgIpc) is 2.47. The Kier molecular flexibility index (Phi) is 4.68. The number of nitrogens with zero attached hydrogens (tertiary/aromatic N) is 1. The van der Waals surface area contributed by atoms with Crippen molar-refractivity contribution >= 4 is 5.84 Å². The van der Waals surface area contributed by atoms with E-state index in [2.05, 4.69) is 4.98 Å². The van der Waals surface area contributed by atoms with Gasteiger partial charge in [0.05, 0.1) is 18.4 Å². The quantitative estimate of drug-likeness (QED) is 0.624. The summed E-state index contributed by atoms with van der Waals surface area (Å²) in [6, 6.07) is 9.38. The van der Waals surface area contributed by atoms with E-state index in [9.17, 15) is 0 Å². The molecule has 5 nitrogen and oxygen atoms in total. The first-order chi connectivity index (χ1) is 9.70. The van der Waals surface area contributed by atoms with Gasteiger partial charge in [-0.05, 0) is 30.2 Å². The number of methoxy groups -OCH3 is 1. The van der Waals surface area contributed by atoms with E-state index in [0.29, 0.717) is 23.7 Å². The Bertz CT molecular complexity index is 582. The van der Waals surface area contributed by atoms with Crippen LogP contribution in [0.2, 0.25) is 0 Å². The minimum atomic E-state index is -0.0425. The Hall–Kier alpha value is -2.40. The molecule has 1 aromatic heterocycles. The molecule has 1 heterocycles. The molecule has 0 spiro atoms. The molecule has 104 valence electrons. The smallest absolute Gasteiger partial charge is 0.156 e. The first-order valence-corrected chi connectivity index (χ1v) is 6.25. The van der Waals surface area contributed by atoms with Crippen LogP contribution in [0.4, 0.5) is 0 Å². The molecule has 5 heteroatoms. The highest BCUT2D eigenvalue weighted by Crippen LogP contribution is 2.24. The van der Waals surface area contributed by atoms with Gasteiger partial charge in [0, 0.05) is 13.3 Å². The molecule has 0 bridgehead atoms. The molecular weight excluding hydrogens is 254 g/mol. The molecule has 0 aliphatic heterocycles. The van der Waals surface area contributed by atoms with Crippen molar-refractivity contribution in [3.8, 4) is 11.5 Å². The first kappa shape index (κ1) is 14.0. The predicted molar refractivity (Wildman–Crippen MR) is 77.3 cm³/mol. The lowest BCUT2D eigenvalue weighted by molar-refractivity contribution is 0.202. The maximum Gasteiger partial charge on any atom is 0.156 e. The average molecular weight is 271 g/mol. The lowest BCUT2D eigenvalue weighted by Crippen LogP contribution is -2.12. The number of pyridine rings is 1. The van der Waals surface area contributed by atoms with Gasteiger partial charge in [0.1, 0.15) is 11.6 Å². The maximum atomic E-state index is 7.51. The van der Waals surface area contributed by atoms with Crippen molar-refractivity contribution in [3.63, 3.8) is 0 Å².